The highest BCUT2D eigenvalue weighted by atomic mass is 127. The number of Topliss-reactive ketones (excluding diaryl/α,β-unsaturated/α-hetero) is 5. The van der Waals surface area contributed by atoms with Gasteiger partial charge in [0.05, 0.1) is 80.8 Å². The van der Waals surface area contributed by atoms with Gasteiger partial charge in [0.2, 0.25) is 0 Å². The van der Waals surface area contributed by atoms with Crippen LogP contribution in [0.1, 0.15) is 145 Å². The fourth-order valence-electron chi connectivity index (χ4n) is 12.0. The van der Waals surface area contributed by atoms with Crippen molar-refractivity contribution in [1.82, 2.24) is 15.1 Å². The van der Waals surface area contributed by atoms with Crippen molar-refractivity contribution < 1.29 is 95.2 Å². The van der Waals surface area contributed by atoms with Crippen molar-refractivity contribution in [2.24, 2.45) is 32.5 Å². The summed E-state index contributed by atoms with van der Waals surface area (Å²) >= 11 is 2.15. The summed E-state index contributed by atoms with van der Waals surface area (Å²) in [4.78, 5) is 70.5. The molecule has 13 nitrogen and oxygen atoms in total. The number of nitrogens with one attached hydrogen (secondary N) is 1. The number of ketones is 5. The minimum atomic E-state index is -0.538. The third-order valence-corrected chi connectivity index (χ3v) is 17.6. The molecule has 0 atom stereocenters. The number of esters is 1. The van der Waals surface area contributed by atoms with Crippen LogP contribution in [0.4, 0.5) is 0 Å². The van der Waals surface area contributed by atoms with Gasteiger partial charge >= 0.3 is 5.97 Å². The average Bonchev–Trinajstić information content (AvgIpc) is 3.92. The zero-order valence-corrected chi connectivity index (χ0v) is 55.6. The standard InChI is InChI=1S/C16H34N2.C14H28N2.C10H14O2.C8H12O4.C4H6O2.C2H7N.CH3I.2HI/c1-15-9-13(17(3,4)5)11-16(15,2)12-14(10-15)18(6,7)8;1-13-7-11(15(3)4)9-14(13,2)10-12(8-13)16(5)6;1-9-3-7(11)5-10(9,2)6-8(12)4-9;1-6(11-2)4-7(9)5-8(10)12-3;1-3(5)4(2)6;1-3-2;1-2;;/h13-14H,9-12H2,1-8H3;11-12H,7-10H2,1-6H3;3-6H2,1-2H3;1,4-5H2,2-3H3;1-2H3;3H,1-2H3;1H3;2*1H/q+2;;;;;;;;/p-2. The maximum Gasteiger partial charge on any atom is 0.313 e. The van der Waals surface area contributed by atoms with E-state index in [0.717, 1.165) is 33.1 Å². The van der Waals surface area contributed by atoms with Gasteiger partial charge in [-0.1, -0.05) is 70.7 Å². The van der Waals surface area contributed by atoms with Crippen LogP contribution < -0.4 is 53.3 Å². The second-order valence-corrected chi connectivity index (χ2v) is 25.4. The number of carbonyl (C=O) groups excluding carboxylic acids is 6. The zero-order chi connectivity index (χ0) is 54.5. The third kappa shape index (κ3) is 21.0. The van der Waals surface area contributed by atoms with E-state index < -0.39 is 5.97 Å². The Kier molecular flexibility index (Phi) is 31.9. The normalized spacial score (nSPS) is 32.7. The summed E-state index contributed by atoms with van der Waals surface area (Å²) in [5, 5.41) is 2.75. The molecule has 0 bridgehead atoms. The molecule has 6 saturated carbocycles. The Morgan fingerprint density at radius 2 is 0.817 bits per heavy atom. The number of alkyl halides is 1. The van der Waals surface area contributed by atoms with Gasteiger partial charge in [-0.05, 0) is 105 Å². The van der Waals surface area contributed by atoms with Crippen LogP contribution in [0.25, 0.3) is 0 Å². The van der Waals surface area contributed by atoms with E-state index >= 15 is 0 Å². The predicted octanol–water partition coefficient (Wildman–Crippen LogP) is 2.64. The minimum Gasteiger partial charge on any atom is -1.00 e. The molecule has 16 heteroatoms. The van der Waals surface area contributed by atoms with Gasteiger partial charge in [0.25, 0.3) is 0 Å². The number of allylic oxidation sites excluding steroid dienone is 1. The molecule has 0 aromatic carbocycles. The van der Waals surface area contributed by atoms with Crippen LogP contribution in [0, 0.1) is 32.5 Å². The zero-order valence-electron chi connectivity index (χ0n) is 49.1. The quantitative estimate of drug-likeness (QED) is 0.0658. The van der Waals surface area contributed by atoms with E-state index in [1.165, 1.54) is 79.4 Å². The molecule has 0 aromatic rings. The van der Waals surface area contributed by atoms with Crippen molar-refractivity contribution >= 4 is 57.5 Å². The molecule has 0 radical (unpaired) electrons. The number of fused-ring (bicyclic) bond motifs is 3. The summed E-state index contributed by atoms with van der Waals surface area (Å²) in [6.45, 7) is 20.3. The van der Waals surface area contributed by atoms with Gasteiger partial charge in [0.1, 0.15) is 18.0 Å². The first-order valence-electron chi connectivity index (χ1n) is 25.0. The molecule has 6 fully saturated rings. The van der Waals surface area contributed by atoms with Gasteiger partial charge in [0, 0.05) is 77.3 Å². The predicted molar refractivity (Wildman–Crippen MR) is 291 cm³/mol. The van der Waals surface area contributed by atoms with Crippen LogP contribution in [-0.2, 0) is 38.2 Å². The third-order valence-electron chi connectivity index (χ3n) is 17.6. The summed E-state index contributed by atoms with van der Waals surface area (Å²) in [7, 11) is 29.6. The fourth-order valence-corrected chi connectivity index (χ4v) is 12.0. The van der Waals surface area contributed by atoms with Gasteiger partial charge in [-0.25, -0.2) is 0 Å². The number of hydrogen-bond donors (Lipinski definition) is 1. The second-order valence-electron chi connectivity index (χ2n) is 25.4. The second kappa shape index (κ2) is 30.3. The Balaban J connectivity index is -0.000000813. The first kappa shape index (κ1) is 74.6. The largest absolute Gasteiger partial charge is 1.00 e. The van der Waals surface area contributed by atoms with Crippen molar-refractivity contribution in [3.63, 3.8) is 0 Å². The summed E-state index contributed by atoms with van der Waals surface area (Å²) < 4.78 is 11.3. The monoisotopic (exact) mass is 1340 g/mol. The Hall–Kier alpha value is -0.650. The van der Waals surface area contributed by atoms with Crippen LogP contribution in [0.2, 0.25) is 0 Å². The van der Waals surface area contributed by atoms with Gasteiger partial charge < -0.3 is 81.5 Å². The molecule has 6 aliphatic rings. The number of ether oxygens (including phenoxy) is 2. The molecule has 0 aromatic heterocycles. The Labute approximate surface area is 482 Å². The van der Waals surface area contributed by atoms with E-state index in [4.69, 9.17) is 0 Å². The molecule has 1 N–H and O–H groups in total. The van der Waals surface area contributed by atoms with E-state index in [1.54, 1.807) is 0 Å². The van der Waals surface area contributed by atoms with Gasteiger partial charge in [-0.2, -0.15) is 0 Å². The number of quaternary nitrogens is 2. The number of hydrogen-bond acceptors (Lipinski definition) is 11. The smallest absolute Gasteiger partial charge is 0.313 e. The number of nitrogens with zero attached hydrogens (tertiary/aromatic N) is 4. The molecule has 0 unspecified atom stereocenters. The molecular formula is C55H104I3N5O8. The van der Waals surface area contributed by atoms with Gasteiger partial charge in [-0.3, -0.25) is 28.8 Å². The molecule has 6 rings (SSSR count). The Morgan fingerprint density at radius 3 is 1.01 bits per heavy atom. The number of halogens is 3. The Bertz CT molecular complexity index is 1590. The van der Waals surface area contributed by atoms with Crippen LogP contribution >= 0.6 is 22.6 Å². The molecule has 6 aliphatic carbocycles. The fraction of sp³-hybridized carbons (Fsp3) is 0.855. The lowest BCUT2D eigenvalue weighted by Crippen LogP contribution is -3.00. The summed E-state index contributed by atoms with van der Waals surface area (Å²) in [6, 6.07) is 3.32. The van der Waals surface area contributed by atoms with Crippen LogP contribution in [0.3, 0.4) is 0 Å². The summed E-state index contributed by atoms with van der Waals surface area (Å²) in [5.41, 5.74) is 2.24. The lowest BCUT2D eigenvalue weighted by Gasteiger charge is -2.36. The van der Waals surface area contributed by atoms with Crippen LogP contribution in [-0.4, -0.2) is 182 Å². The van der Waals surface area contributed by atoms with Crippen LogP contribution in [0.15, 0.2) is 12.3 Å². The van der Waals surface area contributed by atoms with Crippen molar-refractivity contribution in [1.29, 1.82) is 0 Å². The average molecular weight is 1340 g/mol. The highest BCUT2D eigenvalue weighted by molar-refractivity contribution is 14.1. The van der Waals surface area contributed by atoms with Gasteiger partial charge in [-0.15, -0.1) is 0 Å². The van der Waals surface area contributed by atoms with Crippen molar-refractivity contribution in [3.05, 3.63) is 12.3 Å². The van der Waals surface area contributed by atoms with E-state index in [0.29, 0.717) is 64.7 Å². The SMILES string of the molecule is C=C(CC(=O)CC(=O)OC)OC.CC(=O)C(C)=O.CC12CC(=O)CC1(C)CC(=O)C2.CC12CC([N+](C)(C)C)CC1(C)CC([N+](C)(C)C)C2.CI.CN(C)C1CC2(C)CC(N(C)C)CC2(C)C1.CNC.[I-].[I-]. The molecule has 418 valence electrons. The van der Waals surface area contributed by atoms with Crippen molar-refractivity contribution in [2.45, 2.75) is 169 Å². The van der Waals surface area contributed by atoms with E-state index in [9.17, 15) is 28.8 Å². The topological polar surface area (TPSA) is 139 Å². The Morgan fingerprint density at radius 1 is 0.563 bits per heavy atom. The van der Waals surface area contributed by atoms with Crippen LogP contribution in [0.5, 0.6) is 0 Å². The first-order valence-corrected chi connectivity index (χ1v) is 27.2. The molecule has 0 saturated heterocycles. The molecule has 0 amide bonds. The highest BCUT2D eigenvalue weighted by Crippen LogP contribution is 2.65. The molecule has 0 heterocycles. The van der Waals surface area contributed by atoms with E-state index in [1.807, 2.05) is 19.0 Å². The van der Waals surface area contributed by atoms with Crippen molar-refractivity contribution in [3.8, 4) is 0 Å². The number of carbonyl (C=O) groups is 6. The summed E-state index contributed by atoms with van der Waals surface area (Å²) in [6.07, 6.45) is 13.6. The molecular weight excluding hydrogens is 1240 g/mol. The van der Waals surface area contributed by atoms with Gasteiger partial charge in [0.15, 0.2) is 17.3 Å². The lowest BCUT2D eigenvalue weighted by atomic mass is 9.71. The van der Waals surface area contributed by atoms with Crippen molar-refractivity contribution in [2.75, 3.05) is 104 Å². The minimum absolute atomic E-state index is 0. The molecule has 71 heavy (non-hydrogen) atoms. The maximum absolute atomic E-state index is 11.3. The lowest BCUT2D eigenvalue weighted by molar-refractivity contribution is -0.900. The summed E-state index contributed by atoms with van der Waals surface area (Å²) in [5.74, 6) is -0.522. The molecule has 0 spiro atoms. The molecule has 0 aliphatic heterocycles. The number of rotatable bonds is 10. The maximum atomic E-state index is 11.3. The first-order chi connectivity index (χ1) is 31.3. The highest BCUT2D eigenvalue weighted by Gasteiger charge is 2.63. The van der Waals surface area contributed by atoms with E-state index in [-0.39, 0.29) is 89.0 Å². The van der Waals surface area contributed by atoms with E-state index in [2.05, 4.69) is 166 Å². The number of methoxy groups -OCH3 is 2.